The molecule has 0 saturated heterocycles. The molecule has 4 aromatic rings. The molecule has 5 nitrogen and oxygen atoms in total. The Morgan fingerprint density at radius 2 is 1.82 bits per heavy atom. The first kappa shape index (κ1) is 17.9. The molecule has 0 N–H and O–H groups in total. The number of hydrogen-bond acceptors (Lipinski definition) is 5. The molecular weight excluding hydrogens is 357 g/mol. The quantitative estimate of drug-likeness (QED) is 0.480. The number of aryl methyl sites for hydroxylation is 1. The molecule has 0 fully saturated rings. The molecule has 3 heterocycles. The Labute approximate surface area is 161 Å². The predicted octanol–water partition coefficient (Wildman–Crippen LogP) is 5.19. The van der Waals surface area contributed by atoms with Crippen molar-refractivity contribution >= 4 is 10.9 Å². The minimum Gasteiger partial charge on any atom is -0.494 e. The summed E-state index contributed by atoms with van der Waals surface area (Å²) in [7, 11) is 1.42. The van der Waals surface area contributed by atoms with Crippen LogP contribution in [-0.4, -0.2) is 22.1 Å². The van der Waals surface area contributed by atoms with E-state index in [2.05, 4.69) is 15.0 Å². The maximum absolute atomic E-state index is 14.3. The van der Waals surface area contributed by atoms with Gasteiger partial charge >= 0.3 is 0 Å². The smallest absolute Gasteiger partial charge is 0.165 e. The number of ether oxygens (including phenoxy) is 2. The third-order valence-electron chi connectivity index (χ3n) is 4.38. The second-order valence-electron chi connectivity index (χ2n) is 6.13. The number of hydrogen-bond donors (Lipinski definition) is 0. The summed E-state index contributed by atoms with van der Waals surface area (Å²) in [6, 6.07) is 14.0. The summed E-state index contributed by atoms with van der Waals surface area (Å²) in [5.74, 6) is 0.687. The van der Waals surface area contributed by atoms with Gasteiger partial charge in [-0.2, -0.15) is 0 Å². The zero-order chi connectivity index (χ0) is 19.5. The van der Waals surface area contributed by atoms with Crippen molar-refractivity contribution in [3.8, 4) is 28.6 Å². The van der Waals surface area contributed by atoms with Crippen LogP contribution in [0.5, 0.6) is 17.2 Å². The Balaban J connectivity index is 1.83. The highest BCUT2D eigenvalue weighted by atomic mass is 19.1. The van der Waals surface area contributed by atoms with Crippen LogP contribution in [-0.2, 0) is 6.42 Å². The molecule has 0 unspecified atom stereocenters. The van der Waals surface area contributed by atoms with E-state index < -0.39 is 5.82 Å². The standard InChI is InChI=1S/C22H18FN3O2/c1-3-14-7-8-20(22(26-14)17-6-4-5-10-24-17)28-19-9-11-25-18-13-21(27-2)16(23)12-15(18)19/h4-13H,3H2,1-2H3. The molecular formula is C22H18FN3O2. The lowest BCUT2D eigenvalue weighted by Crippen LogP contribution is -1.97. The van der Waals surface area contributed by atoms with Crippen LogP contribution in [0.1, 0.15) is 12.6 Å². The molecule has 0 radical (unpaired) electrons. The van der Waals surface area contributed by atoms with E-state index in [0.717, 1.165) is 12.1 Å². The summed E-state index contributed by atoms with van der Waals surface area (Å²) in [5, 5.41) is 0.548. The van der Waals surface area contributed by atoms with Gasteiger partial charge in [0.2, 0.25) is 0 Å². The molecule has 28 heavy (non-hydrogen) atoms. The minimum atomic E-state index is -0.475. The number of halogens is 1. The van der Waals surface area contributed by atoms with E-state index in [1.807, 2.05) is 37.3 Å². The molecule has 0 saturated carbocycles. The molecule has 0 amide bonds. The summed E-state index contributed by atoms with van der Waals surface area (Å²) in [5.41, 5.74) is 2.86. The van der Waals surface area contributed by atoms with Crippen LogP contribution in [0.4, 0.5) is 4.39 Å². The number of nitrogens with zero attached hydrogens (tertiary/aromatic N) is 3. The molecule has 0 aliphatic carbocycles. The summed E-state index contributed by atoms with van der Waals surface area (Å²) in [4.78, 5) is 13.4. The van der Waals surface area contributed by atoms with Crippen molar-refractivity contribution in [3.63, 3.8) is 0 Å². The molecule has 0 bridgehead atoms. The highest BCUT2D eigenvalue weighted by Crippen LogP contribution is 2.36. The molecule has 1 aromatic carbocycles. The lowest BCUT2D eigenvalue weighted by atomic mass is 10.1. The van der Waals surface area contributed by atoms with Gasteiger partial charge in [-0.3, -0.25) is 9.97 Å². The van der Waals surface area contributed by atoms with Gasteiger partial charge in [0.05, 0.1) is 18.3 Å². The van der Waals surface area contributed by atoms with Gasteiger partial charge in [-0.1, -0.05) is 13.0 Å². The zero-order valence-electron chi connectivity index (χ0n) is 15.5. The molecule has 0 spiro atoms. The van der Waals surface area contributed by atoms with Crippen molar-refractivity contribution in [3.05, 3.63) is 72.4 Å². The Morgan fingerprint density at radius 3 is 2.57 bits per heavy atom. The molecule has 4 rings (SSSR count). The lowest BCUT2D eigenvalue weighted by Gasteiger charge is -2.13. The molecule has 0 atom stereocenters. The molecule has 3 aromatic heterocycles. The van der Waals surface area contributed by atoms with Crippen LogP contribution in [0.3, 0.4) is 0 Å². The van der Waals surface area contributed by atoms with E-state index in [-0.39, 0.29) is 5.75 Å². The van der Waals surface area contributed by atoms with Crippen molar-refractivity contribution in [1.29, 1.82) is 0 Å². The average Bonchev–Trinajstić information content (AvgIpc) is 2.74. The molecule has 6 heteroatoms. The van der Waals surface area contributed by atoms with Crippen LogP contribution < -0.4 is 9.47 Å². The Kier molecular flexibility index (Phi) is 4.85. The monoisotopic (exact) mass is 375 g/mol. The number of methoxy groups -OCH3 is 1. The Bertz CT molecular complexity index is 1130. The predicted molar refractivity (Wildman–Crippen MR) is 105 cm³/mol. The fraction of sp³-hybridized carbons (Fsp3) is 0.136. The van der Waals surface area contributed by atoms with Gasteiger partial charge in [0, 0.05) is 29.5 Å². The van der Waals surface area contributed by atoms with E-state index in [0.29, 0.717) is 33.8 Å². The Morgan fingerprint density at radius 1 is 0.929 bits per heavy atom. The summed E-state index contributed by atoms with van der Waals surface area (Å²) in [6.07, 6.45) is 4.12. The first-order chi connectivity index (χ1) is 13.7. The molecule has 0 aliphatic rings. The number of rotatable bonds is 5. The highest BCUT2D eigenvalue weighted by molar-refractivity contribution is 5.86. The van der Waals surface area contributed by atoms with E-state index in [1.54, 1.807) is 24.5 Å². The maximum atomic E-state index is 14.3. The van der Waals surface area contributed by atoms with E-state index >= 15 is 0 Å². The number of benzene rings is 1. The number of fused-ring (bicyclic) bond motifs is 1. The van der Waals surface area contributed by atoms with Gasteiger partial charge in [0.15, 0.2) is 17.3 Å². The van der Waals surface area contributed by atoms with Gasteiger partial charge in [0.1, 0.15) is 11.4 Å². The second kappa shape index (κ2) is 7.60. The van der Waals surface area contributed by atoms with Gasteiger partial charge in [-0.25, -0.2) is 9.37 Å². The van der Waals surface area contributed by atoms with Crippen molar-refractivity contribution < 1.29 is 13.9 Å². The summed E-state index contributed by atoms with van der Waals surface area (Å²) < 4.78 is 25.4. The van der Waals surface area contributed by atoms with Gasteiger partial charge in [-0.05, 0) is 42.8 Å². The lowest BCUT2D eigenvalue weighted by molar-refractivity contribution is 0.387. The van der Waals surface area contributed by atoms with Crippen molar-refractivity contribution in [2.45, 2.75) is 13.3 Å². The molecule has 0 aliphatic heterocycles. The first-order valence-electron chi connectivity index (χ1n) is 8.91. The van der Waals surface area contributed by atoms with Crippen LogP contribution in [0.25, 0.3) is 22.3 Å². The fourth-order valence-electron chi connectivity index (χ4n) is 2.94. The van der Waals surface area contributed by atoms with Crippen LogP contribution in [0.15, 0.2) is 60.9 Å². The average molecular weight is 375 g/mol. The van der Waals surface area contributed by atoms with Gasteiger partial charge in [-0.15, -0.1) is 0 Å². The third-order valence-corrected chi connectivity index (χ3v) is 4.38. The largest absolute Gasteiger partial charge is 0.494 e. The van der Waals surface area contributed by atoms with Crippen LogP contribution >= 0.6 is 0 Å². The van der Waals surface area contributed by atoms with Crippen molar-refractivity contribution in [1.82, 2.24) is 15.0 Å². The highest BCUT2D eigenvalue weighted by Gasteiger charge is 2.15. The topological polar surface area (TPSA) is 57.1 Å². The van der Waals surface area contributed by atoms with E-state index in [1.165, 1.54) is 13.2 Å². The summed E-state index contributed by atoms with van der Waals surface area (Å²) >= 11 is 0. The SMILES string of the molecule is CCc1ccc(Oc2ccnc3cc(OC)c(F)cc23)c(-c2ccccn2)n1. The zero-order valence-corrected chi connectivity index (χ0v) is 15.5. The van der Waals surface area contributed by atoms with E-state index in [9.17, 15) is 4.39 Å². The maximum Gasteiger partial charge on any atom is 0.165 e. The Hall–Kier alpha value is -3.54. The minimum absolute atomic E-state index is 0.139. The normalized spacial score (nSPS) is 10.8. The summed E-state index contributed by atoms with van der Waals surface area (Å²) in [6.45, 7) is 2.04. The third kappa shape index (κ3) is 3.36. The first-order valence-corrected chi connectivity index (χ1v) is 8.91. The van der Waals surface area contributed by atoms with Crippen molar-refractivity contribution in [2.75, 3.05) is 7.11 Å². The fourth-order valence-corrected chi connectivity index (χ4v) is 2.94. The number of aromatic nitrogens is 3. The van der Waals surface area contributed by atoms with Gasteiger partial charge in [0.25, 0.3) is 0 Å². The number of pyridine rings is 3. The van der Waals surface area contributed by atoms with Gasteiger partial charge < -0.3 is 9.47 Å². The van der Waals surface area contributed by atoms with Crippen LogP contribution in [0, 0.1) is 5.82 Å². The molecule has 140 valence electrons. The second-order valence-corrected chi connectivity index (χ2v) is 6.13. The van der Waals surface area contributed by atoms with Crippen LogP contribution in [0.2, 0.25) is 0 Å². The van der Waals surface area contributed by atoms with E-state index in [4.69, 9.17) is 9.47 Å². The van der Waals surface area contributed by atoms with Crippen molar-refractivity contribution in [2.24, 2.45) is 0 Å².